The van der Waals surface area contributed by atoms with Crippen LogP contribution in [-0.4, -0.2) is 46.2 Å². The molecule has 26 heavy (non-hydrogen) atoms. The summed E-state index contributed by atoms with van der Waals surface area (Å²) in [7, 11) is 0. The van der Waals surface area contributed by atoms with Gasteiger partial charge in [-0.15, -0.1) is 17.5 Å². The van der Waals surface area contributed by atoms with Crippen molar-refractivity contribution in [3.05, 3.63) is 11.4 Å². The Bertz CT molecular complexity index is 616. The molecule has 1 aliphatic heterocycles. The van der Waals surface area contributed by atoms with Crippen molar-refractivity contribution in [3.8, 4) is 0 Å². The lowest BCUT2D eigenvalue weighted by Crippen LogP contribution is -2.47. The predicted molar refractivity (Wildman–Crippen MR) is 92.4 cm³/mol. The minimum atomic E-state index is -4.29. The summed E-state index contributed by atoms with van der Waals surface area (Å²) >= 11 is 0. The Kier molecular flexibility index (Phi) is 6.90. The van der Waals surface area contributed by atoms with Gasteiger partial charge in [-0.05, 0) is 45.7 Å². The maximum absolute atomic E-state index is 13.2. The molecule has 1 aromatic heterocycles. The minimum absolute atomic E-state index is 0. The maximum Gasteiger partial charge on any atom is 0.393 e. The molecule has 0 bridgehead atoms. The zero-order valence-corrected chi connectivity index (χ0v) is 15.5. The quantitative estimate of drug-likeness (QED) is 0.825. The summed E-state index contributed by atoms with van der Waals surface area (Å²) in [6, 6.07) is -0.711. The highest BCUT2D eigenvalue weighted by atomic mass is 35.5. The van der Waals surface area contributed by atoms with Crippen molar-refractivity contribution >= 4 is 18.3 Å². The molecule has 1 aliphatic carbocycles. The van der Waals surface area contributed by atoms with Gasteiger partial charge in [-0.3, -0.25) is 4.79 Å². The molecule has 6 nitrogen and oxygen atoms in total. The molecule has 2 fully saturated rings. The van der Waals surface area contributed by atoms with Crippen LogP contribution in [0.3, 0.4) is 0 Å². The van der Waals surface area contributed by atoms with Gasteiger partial charge in [0.25, 0.3) is 5.91 Å². The van der Waals surface area contributed by atoms with Crippen LogP contribution in [0.5, 0.6) is 0 Å². The average Bonchev–Trinajstić information content (AvgIpc) is 2.97. The number of carbonyl (C=O) groups excluding carboxylic acids is 1. The van der Waals surface area contributed by atoms with Crippen molar-refractivity contribution in [1.82, 2.24) is 25.6 Å². The molecule has 1 amide bonds. The van der Waals surface area contributed by atoms with E-state index in [0.29, 0.717) is 25.0 Å². The molecule has 148 valence electrons. The molecule has 1 saturated carbocycles. The smallest absolute Gasteiger partial charge is 0.347 e. The number of amides is 1. The maximum atomic E-state index is 13.2. The third-order valence-electron chi connectivity index (χ3n) is 5.30. The standard InChI is InChI=1S/C16H24F3N5O.ClH/c1-10-14(22-23-24(10)11-6-8-20-9-7-11)15(25)21-13-5-3-2-4-12(13)16(17,18)19;/h11-13,20H,2-9H2,1H3,(H,21,25);1H. The topological polar surface area (TPSA) is 71.8 Å². The van der Waals surface area contributed by atoms with Crippen molar-refractivity contribution in [2.45, 2.75) is 63.7 Å². The van der Waals surface area contributed by atoms with Crippen molar-refractivity contribution in [1.29, 1.82) is 0 Å². The van der Waals surface area contributed by atoms with E-state index in [9.17, 15) is 18.0 Å². The first kappa shape index (κ1) is 21.0. The molecule has 0 radical (unpaired) electrons. The number of piperidine rings is 1. The van der Waals surface area contributed by atoms with Gasteiger partial charge in [0.05, 0.1) is 17.7 Å². The molecule has 3 rings (SSSR count). The lowest BCUT2D eigenvalue weighted by atomic mass is 9.84. The molecule has 0 spiro atoms. The van der Waals surface area contributed by atoms with Gasteiger partial charge >= 0.3 is 6.18 Å². The number of hydrogen-bond acceptors (Lipinski definition) is 4. The number of nitrogens with zero attached hydrogens (tertiary/aromatic N) is 3. The van der Waals surface area contributed by atoms with Gasteiger partial charge in [0, 0.05) is 6.04 Å². The lowest BCUT2D eigenvalue weighted by molar-refractivity contribution is -0.187. The number of alkyl halides is 3. The zero-order valence-electron chi connectivity index (χ0n) is 14.7. The van der Waals surface area contributed by atoms with Crippen LogP contribution in [0.15, 0.2) is 0 Å². The van der Waals surface area contributed by atoms with E-state index in [1.807, 2.05) is 0 Å². The van der Waals surface area contributed by atoms with E-state index >= 15 is 0 Å². The van der Waals surface area contributed by atoms with Crippen molar-refractivity contribution in [2.75, 3.05) is 13.1 Å². The second-order valence-corrected chi connectivity index (χ2v) is 6.96. The normalized spacial score (nSPS) is 24.8. The van der Waals surface area contributed by atoms with Crippen LogP contribution in [0.1, 0.15) is 60.7 Å². The molecular weight excluding hydrogens is 371 g/mol. The second-order valence-electron chi connectivity index (χ2n) is 6.96. The molecule has 10 heteroatoms. The summed E-state index contributed by atoms with van der Waals surface area (Å²) in [6.45, 7) is 3.50. The Balaban J connectivity index is 0.00000243. The first-order valence-corrected chi connectivity index (χ1v) is 8.88. The van der Waals surface area contributed by atoms with E-state index in [1.54, 1.807) is 11.6 Å². The summed E-state index contributed by atoms with van der Waals surface area (Å²) in [4.78, 5) is 12.5. The Morgan fingerprint density at radius 1 is 1.19 bits per heavy atom. The van der Waals surface area contributed by atoms with Crippen LogP contribution >= 0.6 is 12.4 Å². The summed E-state index contributed by atoms with van der Waals surface area (Å²) in [5, 5.41) is 13.8. The number of halogens is 4. The highest BCUT2D eigenvalue weighted by molar-refractivity contribution is 5.93. The monoisotopic (exact) mass is 395 g/mol. The molecule has 0 aromatic carbocycles. The first-order valence-electron chi connectivity index (χ1n) is 8.88. The number of aromatic nitrogens is 3. The van der Waals surface area contributed by atoms with E-state index in [2.05, 4.69) is 20.9 Å². The van der Waals surface area contributed by atoms with Crippen molar-refractivity contribution < 1.29 is 18.0 Å². The number of rotatable bonds is 3. The molecule has 1 aromatic rings. The minimum Gasteiger partial charge on any atom is -0.347 e. The Morgan fingerprint density at radius 2 is 1.85 bits per heavy atom. The van der Waals surface area contributed by atoms with Gasteiger partial charge in [0.15, 0.2) is 5.69 Å². The summed E-state index contributed by atoms with van der Waals surface area (Å²) in [5.41, 5.74) is 0.744. The molecule has 2 N–H and O–H groups in total. The third-order valence-corrected chi connectivity index (χ3v) is 5.30. The van der Waals surface area contributed by atoms with Gasteiger partial charge < -0.3 is 10.6 Å². The average molecular weight is 396 g/mol. The van der Waals surface area contributed by atoms with Gasteiger partial charge in [-0.25, -0.2) is 4.68 Å². The highest BCUT2D eigenvalue weighted by Gasteiger charge is 2.46. The number of carbonyl (C=O) groups is 1. The summed E-state index contributed by atoms with van der Waals surface area (Å²) in [5.74, 6) is -2.04. The van der Waals surface area contributed by atoms with E-state index in [0.717, 1.165) is 25.9 Å². The zero-order chi connectivity index (χ0) is 18.0. The highest BCUT2D eigenvalue weighted by Crippen LogP contribution is 2.37. The van der Waals surface area contributed by atoms with Gasteiger partial charge in [0.1, 0.15) is 0 Å². The van der Waals surface area contributed by atoms with Crippen LogP contribution < -0.4 is 10.6 Å². The van der Waals surface area contributed by atoms with Crippen molar-refractivity contribution in [3.63, 3.8) is 0 Å². The first-order chi connectivity index (χ1) is 11.9. The van der Waals surface area contributed by atoms with Crippen molar-refractivity contribution in [2.24, 2.45) is 5.92 Å². The van der Waals surface area contributed by atoms with Gasteiger partial charge in [-0.2, -0.15) is 13.2 Å². The van der Waals surface area contributed by atoms with E-state index in [-0.39, 0.29) is 30.6 Å². The van der Waals surface area contributed by atoms with Gasteiger partial charge in [-0.1, -0.05) is 18.1 Å². The Morgan fingerprint density at radius 3 is 2.50 bits per heavy atom. The molecular formula is C16H25ClF3N5O. The third kappa shape index (κ3) is 4.49. The molecule has 2 aliphatic rings. The lowest BCUT2D eigenvalue weighted by Gasteiger charge is -2.33. The van der Waals surface area contributed by atoms with Crippen LogP contribution in [0.4, 0.5) is 13.2 Å². The van der Waals surface area contributed by atoms with Gasteiger partial charge in [0.2, 0.25) is 0 Å². The fraction of sp³-hybridized carbons (Fsp3) is 0.812. The van der Waals surface area contributed by atoms with E-state index in [1.165, 1.54) is 0 Å². The molecule has 1 saturated heterocycles. The number of nitrogens with one attached hydrogen (secondary N) is 2. The molecule has 2 heterocycles. The molecule has 2 atom stereocenters. The number of hydrogen-bond donors (Lipinski definition) is 2. The van der Waals surface area contributed by atoms with Crippen LogP contribution in [-0.2, 0) is 0 Å². The fourth-order valence-electron chi connectivity index (χ4n) is 3.88. The summed E-state index contributed by atoms with van der Waals surface area (Å²) in [6.07, 6.45) is -0.861. The predicted octanol–water partition coefficient (Wildman–Crippen LogP) is 2.78. The SMILES string of the molecule is Cc1c(C(=O)NC2CCCCC2C(F)(F)F)nnn1C1CCNCC1.Cl. The van der Waals surface area contributed by atoms with E-state index < -0.39 is 24.0 Å². The largest absolute Gasteiger partial charge is 0.393 e. The van der Waals surface area contributed by atoms with Crippen LogP contribution in [0, 0.1) is 12.8 Å². The van der Waals surface area contributed by atoms with Crippen LogP contribution in [0.2, 0.25) is 0 Å². The molecule has 2 unspecified atom stereocenters. The second kappa shape index (κ2) is 8.56. The Labute approximate surface area is 156 Å². The van der Waals surface area contributed by atoms with E-state index in [4.69, 9.17) is 0 Å². The Hall–Kier alpha value is -1.35. The van der Waals surface area contributed by atoms with Crippen LogP contribution in [0.25, 0.3) is 0 Å². The summed E-state index contributed by atoms with van der Waals surface area (Å²) < 4.78 is 41.3. The fourth-order valence-corrected chi connectivity index (χ4v) is 3.88.